The lowest BCUT2D eigenvalue weighted by atomic mass is 10.1. The van der Waals surface area contributed by atoms with Crippen LogP contribution in [0.5, 0.6) is 0 Å². The Morgan fingerprint density at radius 1 is 1.54 bits per heavy atom. The minimum absolute atomic E-state index is 0.132. The highest BCUT2D eigenvalue weighted by Gasteiger charge is 2.41. The van der Waals surface area contributed by atoms with Crippen molar-refractivity contribution in [3.8, 4) is 0 Å². The van der Waals surface area contributed by atoms with Crippen LogP contribution < -0.4 is 0 Å². The van der Waals surface area contributed by atoms with Crippen LogP contribution in [0.1, 0.15) is 18.6 Å². The predicted octanol–water partition coefficient (Wildman–Crippen LogP) is 2.87. The maximum atomic E-state index is 11.3. The van der Waals surface area contributed by atoms with Gasteiger partial charge in [-0.1, -0.05) is 28.1 Å². The van der Waals surface area contributed by atoms with E-state index in [4.69, 9.17) is 4.84 Å². The summed E-state index contributed by atoms with van der Waals surface area (Å²) in [4.78, 5) is 17.1. The van der Waals surface area contributed by atoms with Gasteiger partial charge in [0, 0.05) is 6.07 Å². The molecular weight excluding hydrogens is 234 g/mol. The molecule has 1 aliphatic rings. The van der Waals surface area contributed by atoms with Crippen molar-refractivity contribution >= 4 is 21.6 Å². The third-order valence-electron chi connectivity index (χ3n) is 2.07. The minimum atomic E-state index is -0.173. The van der Waals surface area contributed by atoms with Crippen molar-refractivity contribution in [2.75, 3.05) is 0 Å². The summed E-state index contributed by atoms with van der Waals surface area (Å²) in [5, 5.41) is 0. The summed E-state index contributed by atoms with van der Waals surface area (Å²) in [7, 11) is 0. The zero-order chi connectivity index (χ0) is 9.42. The third kappa shape index (κ3) is 1.35. The highest BCUT2D eigenvalue weighted by atomic mass is 79.9. The van der Waals surface area contributed by atoms with Crippen LogP contribution in [0, 0.1) is 4.91 Å². The standard InChI is InChI=1S/C9H9BrNO2/c1-6(10)9-7-4-2-3-5-8(7)11(12)13-9/h2-6,9H,1H3/q+1/t6-,9-/m1/s1. The number of hydrogen-bond acceptors (Lipinski definition) is 2. The SMILES string of the molecule is C[C@@H](Br)[C@H]1O[N+](=O)c2ccccc21. The molecule has 1 aliphatic heterocycles. The lowest BCUT2D eigenvalue weighted by molar-refractivity contribution is -0.745. The van der Waals surface area contributed by atoms with Gasteiger partial charge in [0.05, 0.1) is 15.3 Å². The molecule has 3 nitrogen and oxygen atoms in total. The zero-order valence-corrected chi connectivity index (χ0v) is 8.69. The van der Waals surface area contributed by atoms with Gasteiger partial charge in [-0.25, -0.2) is 4.84 Å². The summed E-state index contributed by atoms with van der Waals surface area (Å²) in [6.45, 7) is 1.96. The monoisotopic (exact) mass is 242 g/mol. The lowest BCUT2D eigenvalue weighted by Crippen LogP contribution is -2.08. The molecule has 0 N–H and O–H groups in total. The first-order valence-electron chi connectivity index (χ1n) is 4.07. The molecule has 0 unspecified atom stereocenters. The first-order valence-corrected chi connectivity index (χ1v) is 4.99. The average Bonchev–Trinajstić information content (AvgIpc) is 2.45. The summed E-state index contributed by atoms with van der Waals surface area (Å²) in [5.74, 6) is 0. The number of fused-ring (bicyclic) bond motifs is 1. The second-order valence-electron chi connectivity index (χ2n) is 3.02. The number of hydrogen-bond donors (Lipinski definition) is 0. The smallest absolute Gasteiger partial charge is 0.217 e. The van der Waals surface area contributed by atoms with E-state index >= 15 is 0 Å². The van der Waals surface area contributed by atoms with Gasteiger partial charge in [0.1, 0.15) is 0 Å². The predicted molar refractivity (Wildman–Crippen MR) is 51.9 cm³/mol. The van der Waals surface area contributed by atoms with Crippen LogP contribution >= 0.6 is 15.9 Å². The quantitative estimate of drug-likeness (QED) is 0.709. The number of benzene rings is 1. The van der Waals surface area contributed by atoms with E-state index in [9.17, 15) is 4.91 Å². The molecule has 1 aromatic carbocycles. The Morgan fingerprint density at radius 3 is 2.92 bits per heavy atom. The molecule has 1 heterocycles. The van der Waals surface area contributed by atoms with Gasteiger partial charge in [-0.3, -0.25) is 0 Å². The van der Waals surface area contributed by atoms with Crippen molar-refractivity contribution in [1.82, 2.24) is 0 Å². The number of para-hydroxylation sites is 1. The number of alkyl halides is 1. The van der Waals surface area contributed by atoms with E-state index in [1.54, 1.807) is 6.07 Å². The Morgan fingerprint density at radius 2 is 2.23 bits per heavy atom. The first kappa shape index (κ1) is 8.69. The van der Waals surface area contributed by atoms with Crippen LogP contribution in [-0.4, -0.2) is 9.75 Å². The van der Waals surface area contributed by atoms with Gasteiger partial charge >= 0.3 is 5.69 Å². The van der Waals surface area contributed by atoms with E-state index in [2.05, 4.69) is 15.9 Å². The van der Waals surface area contributed by atoms with E-state index in [0.29, 0.717) is 10.6 Å². The summed E-state index contributed by atoms with van der Waals surface area (Å²) >= 11 is 3.41. The Kier molecular flexibility index (Phi) is 2.07. The van der Waals surface area contributed by atoms with Crippen LogP contribution in [0.2, 0.25) is 0 Å². The molecule has 0 aliphatic carbocycles. The molecule has 1 aromatic rings. The van der Waals surface area contributed by atoms with Crippen LogP contribution in [0.25, 0.3) is 0 Å². The van der Waals surface area contributed by atoms with Crippen LogP contribution in [0.4, 0.5) is 5.69 Å². The first-order chi connectivity index (χ1) is 6.20. The molecule has 0 bridgehead atoms. The van der Waals surface area contributed by atoms with Crippen molar-refractivity contribution in [3.05, 3.63) is 34.7 Å². The molecule has 0 saturated heterocycles. The molecule has 0 fully saturated rings. The van der Waals surface area contributed by atoms with Gasteiger partial charge in [0.15, 0.2) is 0 Å². The van der Waals surface area contributed by atoms with E-state index in [-0.39, 0.29) is 10.9 Å². The van der Waals surface area contributed by atoms with Crippen LogP contribution in [0.15, 0.2) is 24.3 Å². The molecule has 0 amide bonds. The Bertz CT molecular complexity index is 351. The van der Waals surface area contributed by atoms with E-state index in [1.165, 1.54) is 0 Å². The number of halogens is 1. The molecular formula is C9H9BrNO2+. The van der Waals surface area contributed by atoms with Crippen LogP contribution in [0.3, 0.4) is 0 Å². The highest BCUT2D eigenvalue weighted by molar-refractivity contribution is 9.09. The number of nitrogens with zero attached hydrogens (tertiary/aromatic N) is 1. The Balaban J connectivity index is 2.47. The Labute approximate surface area is 84.4 Å². The lowest BCUT2D eigenvalue weighted by Gasteiger charge is -2.04. The van der Waals surface area contributed by atoms with Gasteiger partial charge in [-0.05, 0) is 13.0 Å². The molecule has 0 radical (unpaired) electrons. The molecule has 2 rings (SSSR count). The fourth-order valence-corrected chi connectivity index (χ4v) is 1.82. The molecule has 0 spiro atoms. The average molecular weight is 243 g/mol. The Hall–Kier alpha value is -0.900. The summed E-state index contributed by atoms with van der Waals surface area (Å²) < 4.78 is 0. The highest BCUT2D eigenvalue weighted by Crippen LogP contribution is 2.39. The molecule has 0 aromatic heterocycles. The topological polar surface area (TPSA) is 29.3 Å². The van der Waals surface area contributed by atoms with Crippen molar-refractivity contribution in [3.63, 3.8) is 0 Å². The fourth-order valence-electron chi connectivity index (χ4n) is 1.44. The second-order valence-corrected chi connectivity index (χ2v) is 4.46. The maximum absolute atomic E-state index is 11.3. The van der Waals surface area contributed by atoms with Gasteiger partial charge in [-0.2, -0.15) is 0 Å². The summed E-state index contributed by atoms with van der Waals surface area (Å²) in [6.07, 6.45) is -0.173. The second kappa shape index (κ2) is 3.10. The summed E-state index contributed by atoms with van der Waals surface area (Å²) in [5.41, 5.74) is 1.56. The van der Waals surface area contributed by atoms with Crippen molar-refractivity contribution in [1.29, 1.82) is 0 Å². The van der Waals surface area contributed by atoms with Gasteiger partial charge in [0.2, 0.25) is 6.10 Å². The van der Waals surface area contributed by atoms with Crippen molar-refractivity contribution in [2.24, 2.45) is 0 Å². The summed E-state index contributed by atoms with van der Waals surface area (Å²) in [6, 6.07) is 7.41. The van der Waals surface area contributed by atoms with Crippen LogP contribution in [-0.2, 0) is 4.84 Å². The molecule has 68 valence electrons. The third-order valence-corrected chi connectivity index (χ3v) is 2.55. The van der Waals surface area contributed by atoms with E-state index in [0.717, 1.165) is 5.56 Å². The fraction of sp³-hybridized carbons (Fsp3) is 0.333. The van der Waals surface area contributed by atoms with Gasteiger partial charge in [-0.15, -0.1) is 0 Å². The number of rotatable bonds is 1. The van der Waals surface area contributed by atoms with Crippen molar-refractivity contribution < 1.29 is 9.76 Å². The molecule has 4 heteroatoms. The molecule has 13 heavy (non-hydrogen) atoms. The maximum Gasteiger partial charge on any atom is 0.323 e. The van der Waals surface area contributed by atoms with Crippen molar-refractivity contribution in [2.45, 2.75) is 17.9 Å². The van der Waals surface area contributed by atoms with Gasteiger partial charge < -0.3 is 0 Å². The van der Waals surface area contributed by atoms with Gasteiger partial charge in [0.25, 0.3) is 4.92 Å². The molecule has 2 atom stereocenters. The normalized spacial score (nSPS) is 22.3. The zero-order valence-electron chi connectivity index (χ0n) is 7.11. The largest absolute Gasteiger partial charge is 0.323 e. The molecule has 0 saturated carbocycles. The van der Waals surface area contributed by atoms with E-state index < -0.39 is 0 Å². The minimum Gasteiger partial charge on any atom is -0.217 e. The van der Waals surface area contributed by atoms with E-state index in [1.807, 2.05) is 25.1 Å².